The van der Waals surface area contributed by atoms with E-state index >= 15 is 0 Å². The molecule has 0 fully saturated rings. The Balaban J connectivity index is 2.30. The Morgan fingerprint density at radius 1 is 1.53 bits per heavy atom. The molecule has 0 aliphatic rings. The normalized spacial score (nSPS) is 10.7. The molecule has 0 saturated carbocycles. The number of aromatic nitrogens is 1. The molecule has 0 aliphatic carbocycles. The van der Waals surface area contributed by atoms with Crippen LogP contribution in [0.4, 0.5) is 0 Å². The van der Waals surface area contributed by atoms with Crippen LogP contribution in [0.15, 0.2) is 35.5 Å². The number of hydrogen-bond acceptors (Lipinski definition) is 4. The fourth-order valence-electron chi connectivity index (χ4n) is 1.93. The first-order valence-corrected chi connectivity index (χ1v) is 5.86. The summed E-state index contributed by atoms with van der Waals surface area (Å²) in [5.41, 5.74) is 1.11. The zero-order valence-electron chi connectivity index (χ0n) is 10.5. The van der Waals surface area contributed by atoms with Gasteiger partial charge in [-0.1, -0.05) is 23.4 Å². The Kier molecular flexibility index (Phi) is 3.94. The first kappa shape index (κ1) is 12.8. The molecule has 0 bridgehead atoms. The van der Waals surface area contributed by atoms with Gasteiger partial charge in [-0.25, -0.2) is 0 Å². The molecule has 2 aromatic rings. The van der Waals surface area contributed by atoms with E-state index in [4.69, 9.17) is 5.26 Å². The molecule has 96 valence electrons. The lowest BCUT2D eigenvalue weighted by Crippen LogP contribution is -2.12. The van der Waals surface area contributed by atoms with Crippen molar-refractivity contribution in [3.05, 3.63) is 36.0 Å². The van der Waals surface area contributed by atoms with Gasteiger partial charge < -0.3 is 4.84 Å². The second-order valence-corrected chi connectivity index (χ2v) is 3.94. The van der Waals surface area contributed by atoms with Crippen LogP contribution >= 0.6 is 0 Å². The van der Waals surface area contributed by atoms with E-state index in [2.05, 4.69) is 16.1 Å². The summed E-state index contributed by atoms with van der Waals surface area (Å²) in [5, 5.41) is 13.6. The number of para-hydroxylation sites is 1. The standard InChI is InChI=1S/C14H13N3O2/c1-19-16-8-4-7-14(18)17-12(10-15)9-11-5-2-3-6-13(11)17/h2-3,5-6,8-9H,4,7H2,1H3/b16-8+. The van der Waals surface area contributed by atoms with Crippen molar-refractivity contribution in [2.75, 3.05) is 7.11 Å². The van der Waals surface area contributed by atoms with E-state index in [0.29, 0.717) is 12.1 Å². The maximum absolute atomic E-state index is 12.2. The van der Waals surface area contributed by atoms with Gasteiger partial charge in [0.1, 0.15) is 18.9 Å². The third-order valence-corrected chi connectivity index (χ3v) is 2.74. The molecule has 5 nitrogen and oxygen atoms in total. The van der Waals surface area contributed by atoms with Gasteiger partial charge in [0.15, 0.2) is 0 Å². The molecule has 1 heterocycles. The van der Waals surface area contributed by atoms with E-state index < -0.39 is 0 Å². The van der Waals surface area contributed by atoms with Crippen LogP contribution in [0.25, 0.3) is 10.9 Å². The van der Waals surface area contributed by atoms with Crippen molar-refractivity contribution in [1.29, 1.82) is 5.26 Å². The van der Waals surface area contributed by atoms with Crippen molar-refractivity contribution in [3.63, 3.8) is 0 Å². The summed E-state index contributed by atoms with van der Waals surface area (Å²) >= 11 is 0. The van der Waals surface area contributed by atoms with Gasteiger partial charge >= 0.3 is 0 Å². The first-order chi connectivity index (χ1) is 9.27. The van der Waals surface area contributed by atoms with Crippen LogP contribution in [0.5, 0.6) is 0 Å². The Bertz CT molecular complexity index is 665. The van der Waals surface area contributed by atoms with Gasteiger partial charge in [0.2, 0.25) is 5.91 Å². The van der Waals surface area contributed by atoms with E-state index in [-0.39, 0.29) is 12.3 Å². The van der Waals surface area contributed by atoms with Gasteiger partial charge in [0.25, 0.3) is 0 Å². The molecule has 19 heavy (non-hydrogen) atoms. The number of benzene rings is 1. The van der Waals surface area contributed by atoms with Gasteiger partial charge in [0.05, 0.1) is 5.52 Å². The molecule has 5 heteroatoms. The van der Waals surface area contributed by atoms with E-state index in [9.17, 15) is 4.79 Å². The number of carbonyl (C=O) groups excluding carboxylic acids is 1. The minimum Gasteiger partial charge on any atom is -0.399 e. The predicted octanol–water partition coefficient (Wildman–Crippen LogP) is 2.57. The highest BCUT2D eigenvalue weighted by atomic mass is 16.6. The number of rotatable bonds is 4. The topological polar surface area (TPSA) is 67.4 Å². The van der Waals surface area contributed by atoms with Crippen molar-refractivity contribution in [2.24, 2.45) is 5.16 Å². The van der Waals surface area contributed by atoms with Gasteiger partial charge in [-0.05, 0) is 18.6 Å². The van der Waals surface area contributed by atoms with Crippen LogP contribution in [0.3, 0.4) is 0 Å². The molecule has 0 aliphatic heterocycles. The van der Waals surface area contributed by atoms with E-state index in [1.54, 1.807) is 6.07 Å². The van der Waals surface area contributed by atoms with Crippen LogP contribution in [-0.2, 0) is 4.84 Å². The smallest absolute Gasteiger partial charge is 0.232 e. The minimum atomic E-state index is -0.125. The van der Waals surface area contributed by atoms with Crippen LogP contribution in [0, 0.1) is 11.3 Å². The SMILES string of the molecule is CO/N=C/CCC(=O)n1c(C#N)cc2ccccc21. The quantitative estimate of drug-likeness (QED) is 0.622. The highest BCUT2D eigenvalue weighted by molar-refractivity contribution is 5.95. The second kappa shape index (κ2) is 5.83. The third-order valence-electron chi connectivity index (χ3n) is 2.74. The van der Waals surface area contributed by atoms with Crippen molar-refractivity contribution >= 4 is 23.0 Å². The molecule has 1 aromatic carbocycles. The molecule has 0 amide bonds. The molecule has 0 radical (unpaired) electrons. The molecule has 0 unspecified atom stereocenters. The Morgan fingerprint density at radius 3 is 3.05 bits per heavy atom. The summed E-state index contributed by atoms with van der Waals surface area (Å²) in [6.45, 7) is 0. The van der Waals surface area contributed by atoms with Crippen molar-refractivity contribution in [3.8, 4) is 6.07 Å². The first-order valence-electron chi connectivity index (χ1n) is 5.86. The molecule has 0 saturated heterocycles. The molecule has 0 atom stereocenters. The number of hydrogen-bond donors (Lipinski definition) is 0. The molecule has 0 N–H and O–H groups in total. The fraction of sp³-hybridized carbons (Fsp3) is 0.214. The highest BCUT2D eigenvalue weighted by Gasteiger charge is 2.13. The summed E-state index contributed by atoms with van der Waals surface area (Å²) in [7, 11) is 1.45. The van der Waals surface area contributed by atoms with Crippen molar-refractivity contribution in [1.82, 2.24) is 4.57 Å². The van der Waals surface area contributed by atoms with E-state index in [1.807, 2.05) is 24.3 Å². The van der Waals surface area contributed by atoms with Crippen molar-refractivity contribution in [2.45, 2.75) is 12.8 Å². The average Bonchev–Trinajstić information content (AvgIpc) is 2.82. The van der Waals surface area contributed by atoms with Crippen LogP contribution < -0.4 is 0 Å². The van der Waals surface area contributed by atoms with Crippen LogP contribution in [-0.4, -0.2) is 23.8 Å². The average molecular weight is 255 g/mol. The zero-order valence-corrected chi connectivity index (χ0v) is 10.5. The molecule has 2 rings (SSSR count). The number of carbonyl (C=O) groups is 1. The zero-order chi connectivity index (χ0) is 13.7. The Hall–Kier alpha value is -2.61. The van der Waals surface area contributed by atoms with Gasteiger partial charge in [0, 0.05) is 18.0 Å². The largest absolute Gasteiger partial charge is 0.399 e. The Morgan fingerprint density at radius 2 is 2.32 bits per heavy atom. The summed E-state index contributed by atoms with van der Waals surface area (Å²) in [6, 6.07) is 11.2. The second-order valence-electron chi connectivity index (χ2n) is 3.94. The lowest BCUT2D eigenvalue weighted by Gasteiger charge is -2.03. The van der Waals surface area contributed by atoms with Gasteiger partial charge in [-0.2, -0.15) is 5.26 Å². The summed E-state index contributed by atoms with van der Waals surface area (Å²) < 4.78 is 1.45. The maximum Gasteiger partial charge on any atom is 0.232 e. The minimum absolute atomic E-state index is 0.125. The summed E-state index contributed by atoms with van der Waals surface area (Å²) in [5.74, 6) is -0.125. The van der Waals surface area contributed by atoms with Crippen LogP contribution in [0.1, 0.15) is 23.3 Å². The Labute approximate surface area is 110 Å². The van der Waals surface area contributed by atoms with Crippen LogP contribution in [0.2, 0.25) is 0 Å². The van der Waals surface area contributed by atoms with Gasteiger partial charge in [-0.3, -0.25) is 9.36 Å². The van der Waals surface area contributed by atoms with E-state index in [0.717, 1.165) is 10.9 Å². The molecular weight excluding hydrogens is 242 g/mol. The number of oxime groups is 1. The lowest BCUT2D eigenvalue weighted by molar-refractivity contribution is 0.0910. The van der Waals surface area contributed by atoms with E-state index in [1.165, 1.54) is 17.9 Å². The highest BCUT2D eigenvalue weighted by Crippen LogP contribution is 2.19. The number of nitriles is 1. The van der Waals surface area contributed by atoms with Gasteiger partial charge in [-0.15, -0.1) is 0 Å². The maximum atomic E-state index is 12.2. The fourth-order valence-corrected chi connectivity index (χ4v) is 1.93. The molecule has 1 aromatic heterocycles. The molecule has 0 spiro atoms. The van der Waals surface area contributed by atoms with Crippen molar-refractivity contribution < 1.29 is 9.63 Å². The molecular formula is C14H13N3O2. The lowest BCUT2D eigenvalue weighted by atomic mass is 10.2. The third kappa shape index (κ3) is 2.63. The predicted molar refractivity (Wildman–Crippen MR) is 72.0 cm³/mol. The summed E-state index contributed by atoms with van der Waals surface area (Å²) in [4.78, 5) is 16.7. The number of fused-ring (bicyclic) bond motifs is 1. The summed E-state index contributed by atoms with van der Waals surface area (Å²) in [6.07, 6.45) is 2.29. The number of nitrogens with zero attached hydrogens (tertiary/aromatic N) is 3. The monoisotopic (exact) mass is 255 g/mol.